The second-order valence-corrected chi connectivity index (χ2v) is 5.46. The molecule has 0 bridgehead atoms. The molecule has 1 aromatic heterocycles. The molecule has 0 radical (unpaired) electrons. The third-order valence-corrected chi connectivity index (χ3v) is 3.73. The molecular formula is C12H15ClN2O3. The summed E-state index contributed by atoms with van der Waals surface area (Å²) in [5.41, 5.74) is 0.545. The van der Waals surface area contributed by atoms with E-state index in [0.717, 1.165) is 12.8 Å². The average molecular weight is 271 g/mol. The van der Waals surface area contributed by atoms with Crippen molar-refractivity contribution in [2.45, 2.75) is 31.1 Å². The molecule has 1 aliphatic heterocycles. The number of likely N-dealkylation sites (tertiary alicyclic amines) is 1. The van der Waals surface area contributed by atoms with Gasteiger partial charge in [0, 0.05) is 25.3 Å². The van der Waals surface area contributed by atoms with E-state index in [1.807, 2.05) is 4.57 Å². The molecule has 6 heteroatoms. The first-order valence-corrected chi connectivity index (χ1v) is 6.47. The summed E-state index contributed by atoms with van der Waals surface area (Å²) in [5.74, 6) is -0.176. The average Bonchev–Trinajstić information content (AvgIpc) is 3.02. The number of halogens is 1. The van der Waals surface area contributed by atoms with Crippen molar-refractivity contribution in [1.29, 1.82) is 0 Å². The van der Waals surface area contributed by atoms with Crippen LogP contribution >= 0.6 is 11.6 Å². The Morgan fingerprint density at radius 1 is 1.28 bits per heavy atom. The van der Waals surface area contributed by atoms with Crippen LogP contribution in [0.25, 0.3) is 0 Å². The number of nitrogens with zero attached hydrogens (tertiary/aromatic N) is 2. The number of hydrogen-bond acceptors (Lipinski definition) is 3. The maximum atomic E-state index is 12.3. The van der Waals surface area contributed by atoms with Gasteiger partial charge >= 0.3 is 0 Å². The summed E-state index contributed by atoms with van der Waals surface area (Å²) in [5, 5.41) is 19.5. The summed E-state index contributed by atoms with van der Waals surface area (Å²) in [6, 6.07) is 2.02. The molecular weight excluding hydrogens is 256 g/mol. The van der Waals surface area contributed by atoms with E-state index in [4.69, 9.17) is 11.6 Å². The standard InChI is InChI=1S/C12H15ClN2O3/c13-7-3-9(15(4-7)8-1-2-8)12(18)14-5-10(16)11(17)6-14/h3-4,8,10-11,16-17H,1-2,5-6H2. The van der Waals surface area contributed by atoms with E-state index in [-0.39, 0.29) is 19.0 Å². The maximum Gasteiger partial charge on any atom is 0.270 e. The van der Waals surface area contributed by atoms with E-state index in [0.29, 0.717) is 16.8 Å². The van der Waals surface area contributed by atoms with Gasteiger partial charge in [-0.2, -0.15) is 0 Å². The fourth-order valence-corrected chi connectivity index (χ4v) is 2.58. The second-order valence-electron chi connectivity index (χ2n) is 5.03. The van der Waals surface area contributed by atoms with Gasteiger partial charge in [0.25, 0.3) is 5.91 Å². The molecule has 2 N–H and O–H groups in total. The molecule has 1 saturated carbocycles. The quantitative estimate of drug-likeness (QED) is 0.829. The lowest BCUT2D eigenvalue weighted by Gasteiger charge is -2.16. The van der Waals surface area contributed by atoms with Crippen LogP contribution in [0.5, 0.6) is 0 Å². The lowest BCUT2D eigenvalue weighted by molar-refractivity contribution is 0.0572. The Morgan fingerprint density at radius 3 is 2.44 bits per heavy atom. The van der Waals surface area contributed by atoms with Gasteiger partial charge < -0.3 is 19.7 Å². The third-order valence-electron chi connectivity index (χ3n) is 3.52. The zero-order chi connectivity index (χ0) is 12.9. The maximum absolute atomic E-state index is 12.3. The molecule has 2 unspecified atom stereocenters. The fraction of sp³-hybridized carbons (Fsp3) is 0.583. The Labute approximate surface area is 110 Å². The Morgan fingerprint density at radius 2 is 1.89 bits per heavy atom. The number of β-amino-alcohol motifs (C(OH)–C–C–N with tert-alkyl or cyclic N) is 2. The van der Waals surface area contributed by atoms with E-state index in [1.165, 1.54) is 4.90 Å². The van der Waals surface area contributed by atoms with Gasteiger partial charge in [0.15, 0.2) is 0 Å². The molecule has 1 aliphatic carbocycles. The number of hydrogen-bond donors (Lipinski definition) is 2. The topological polar surface area (TPSA) is 65.7 Å². The number of amides is 1. The van der Waals surface area contributed by atoms with Gasteiger partial charge in [-0.3, -0.25) is 4.79 Å². The highest BCUT2D eigenvalue weighted by atomic mass is 35.5. The number of aromatic nitrogens is 1. The molecule has 18 heavy (non-hydrogen) atoms. The van der Waals surface area contributed by atoms with E-state index in [9.17, 15) is 15.0 Å². The van der Waals surface area contributed by atoms with Crippen molar-refractivity contribution in [3.05, 3.63) is 23.0 Å². The highest BCUT2D eigenvalue weighted by molar-refractivity contribution is 6.31. The molecule has 1 aromatic rings. The second kappa shape index (κ2) is 4.26. The minimum atomic E-state index is -0.853. The van der Waals surface area contributed by atoms with Crippen LogP contribution < -0.4 is 0 Å². The highest BCUT2D eigenvalue weighted by Crippen LogP contribution is 2.37. The summed E-state index contributed by atoms with van der Waals surface area (Å²) in [4.78, 5) is 13.8. The summed E-state index contributed by atoms with van der Waals surface area (Å²) in [6.07, 6.45) is 2.20. The summed E-state index contributed by atoms with van der Waals surface area (Å²) in [6.45, 7) is 0.348. The first-order chi connectivity index (χ1) is 8.56. The predicted molar refractivity (Wildman–Crippen MR) is 65.6 cm³/mol. The van der Waals surface area contributed by atoms with Crippen molar-refractivity contribution in [2.24, 2.45) is 0 Å². The third kappa shape index (κ3) is 2.02. The minimum Gasteiger partial charge on any atom is -0.388 e. The highest BCUT2D eigenvalue weighted by Gasteiger charge is 2.35. The summed E-state index contributed by atoms with van der Waals surface area (Å²) in [7, 11) is 0. The van der Waals surface area contributed by atoms with Crippen molar-refractivity contribution < 1.29 is 15.0 Å². The van der Waals surface area contributed by atoms with Crippen LogP contribution in [0.15, 0.2) is 12.3 Å². The summed E-state index contributed by atoms with van der Waals surface area (Å²) >= 11 is 5.96. The molecule has 0 spiro atoms. The Balaban J connectivity index is 1.84. The SMILES string of the molecule is O=C(c1cc(Cl)cn1C1CC1)N1CC(O)C(O)C1. The summed E-state index contributed by atoms with van der Waals surface area (Å²) < 4.78 is 1.90. The number of carbonyl (C=O) groups is 1. The van der Waals surface area contributed by atoms with Gasteiger partial charge in [-0.15, -0.1) is 0 Å². The van der Waals surface area contributed by atoms with E-state index < -0.39 is 12.2 Å². The molecule has 98 valence electrons. The Bertz CT molecular complexity index is 474. The molecule has 2 atom stereocenters. The van der Waals surface area contributed by atoms with E-state index in [1.54, 1.807) is 12.3 Å². The smallest absolute Gasteiger partial charge is 0.270 e. The predicted octanol–water partition coefficient (Wildman–Crippen LogP) is 0.654. The van der Waals surface area contributed by atoms with E-state index >= 15 is 0 Å². The van der Waals surface area contributed by atoms with Crippen molar-refractivity contribution in [1.82, 2.24) is 9.47 Å². The number of carbonyl (C=O) groups excluding carboxylic acids is 1. The zero-order valence-electron chi connectivity index (χ0n) is 9.79. The van der Waals surface area contributed by atoms with Crippen LogP contribution in [-0.2, 0) is 0 Å². The molecule has 2 aliphatic rings. The van der Waals surface area contributed by atoms with E-state index in [2.05, 4.69) is 0 Å². The molecule has 1 saturated heterocycles. The molecule has 0 aromatic carbocycles. The van der Waals surface area contributed by atoms with Gasteiger partial charge in [-0.05, 0) is 18.9 Å². The van der Waals surface area contributed by atoms with Crippen LogP contribution in [0.4, 0.5) is 0 Å². The number of aliphatic hydroxyl groups excluding tert-OH is 2. The Kier molecular flexibility index (Phi) is 2.84. The Hall–Kier alpha value is -1.04. The first kappa shape index (κ1) is 12.0. The molecule has 1 amide bonds. The largest absolute Gasteiger partial charge is 0.388 e. The molecule has 2 fully saturated rings. The molecule has 2 heterocycles. The van der Waals surface area contributed by atoms with Gasteiger partial charge in [0.2, 0.25) is 0 Å². The normalized spacial score (nSPS) is 27.8. The van der Waals surface area contributed by atoms with Crippen molar-refractivity contribution in [3.63, 3.8) is 0 Å². The fourth-order valence-electron chi connectivity index (χ4n) is 2.37. The monoisotopic (exact) mass is 270 g/mol. The minimum absolute atomic E-state index is 0.174. The molecule has 3 rings (SSSR count). The number of rotatable bonds is 2. The van der Waals surface area contributed by atoms with Gasteiger partial charge in [-0.25, -0.2) is 0 Å². The van der Waals surface area contributed by atoms with Crippen molar-refractivity contribution in [2.75, 3.05) is 13.1 Å². The van der Waals surface area contributed by atoms with Gasteiger partial charge in [0.05, 0.1) is 17.2 Å². The zero-order valence-corrected chi connectivity index (χ0v) is 10.5. The van der Waals surface area contributed by atoms with Crippen LogP contribution in [0, 0.1) is 0 Å². The first-order valence-electron chi connectivity index (χ1n) is 6.09. The van der Waals surface area contributed by atoms with Gasteiger partial charge in [0.1, 0.15) is 5.69 Å². The van der Waals surface area contributed by atoms with Crippen LogP contribution in [0.1, 0.15) is 29.4 Å². The van der Waals surface area contributed by atoms with Crippen molar-refractivity contribution in [3.8, 4) is 0 Å². The van der Waals surface area contributed by atoms with Crippen LogP contribution in [0.2, 0.25) is 5.02 Å². The van der Waals surface area contributed by atoms with Gasteiger partial charge in [-0.1, -0.05) is 11.6 Å². The van der Waals surface area contributed by atoms with Crippen molar-refractivity contribution >= 4 is 17.5 Å². The molecule has 5 nitrogen and oxygen atoms in total. The number of aliphatic hydroxyl groups is 2. The lowest BCUT2D eigenvalue weighted by atomic mass is 10.3. The van der Waals surface area contributed by atoms with Crippen LogP contribution in [-0.4, -0.2) is 50.9 Å². The van der Waals surface area contributed by atoms with Crippen LogP contribution in [0.3, 0.4) is 0 Å². The lowest BCUT2D eigenvalue weighted by Crippen LogP contribution is -2.31.